The number of anilines is 1. The molecule has 0 aromatic heterocycles. The van der Waals surface area contributed by atoms with Crippen LogP contribution in [0.15, 0.2) is 48.5 Å². The molecular weight excluding hydrogens is 364 g/mol. The molecule has 2 aromatic rings. The highest BCUT2D eigenvalue weighted by Crippen LogP contribution is 2.19. The Balaban J connectivity index is 1.69. The number of piperidine rings is 1. The van der Waals surface area contributed by atoms with Gasteiger partial charge in [-0.05, 0) is 62.4 Å². The number of methoxy groups -OCH3 is 1. The first-order valence-corrected chi connectivity index (χ1v) is 10.3. The molecule has 0 aliphatic carbocycles. The molecular formula is C24H30N2O3. The van der Waals surface area contributed by atoms with E-state index in [0.717, 1.165) is 48.5 Å². The smallest absolute Gasteiger partial charge is 0.242 e. The summed E-state index contributed by atoms with van der Waals surface area (Å²) in [5, 5.41) is 0. The number of nitrogens with zero attached hydrogens (tertiary/aromatic N) is 2. The molecule has 154 valence electrons. The van der Waals surface area contributed by atoms with E-state index in [9.17, 15) is 9.59 Å². The number of hydrogen-bond donors (Lipinski definition) is 0. The molecule has 5 heteroatoms. The van der Waals surface area contributed by atoms with Crippen LogP contribution in [-0.4, -0.2) is 43.5 Å². The third-order valence-corrected chi connectivity index (χ3v) is 5.44. The van der Waals surface area contributed by atoms with Crippen LogP contribution in [0.25, 0.3) is 0 Å². The molecule has 0 bridgehead atoms. The van der Waals surface area contributed by atoms with Crippen LogP contribution in [0.1, 0.15) is 36.8 Å². The van der Waals surface area contributed by atoms with Gasteiger partial charge in [-0.1, -0.05) is 29.8 Å². The first-order chi connectivity index (χ1) is 14.1. The van der Waals surface area contributed by atoms with Crippen molar-refractivity contribution in [1.82, 2.24) is 4.90 Å². The SMILES string of the molecule is COc1ccc(CCC(=O)N(CC(=O)N2CCCCC2)c2ccc(C)cc2)cc1. The predicted octanol–water partition coefficient (Wildman–Crippen LogP) is 3.98. The van der Waals surface area contributed by atoms with Gasteiger partial charge in [-0.15, -0.1) is 0 Å². The van der Waals surface area contributed by atoms with E-state index >= 15 is 0 Å². The Bertz CT molecular complexity index is 809. The molecule has 1 heterocycles. The molecule has 0 radical (unpaired) electrons. The number of hydrogen-bond acceptors (Lipinski definition) is 3. The summed E-state index contributed by atoms with van der Waals surface area (Å²) in [5.74, 6) is 0.798. The van der Waals surface area contributed by atoms with Gasteiger partial charge in [-0.3, -0.25) is 9.59 Å². The molecule has 1 fully saturated rings. The van der Waals surface area contributed by atoms with Gasteiger partial charge in [0.2, 0.25) is 11.8 Å². The fourth-order valence-corrected chi connectivity index (χ4v) is 3.61. The van der Waals surface area contributed by atoms with Gasteiger partial charge in [0.1, 0.15) is 12.3 Å². The van der Waals surface area contributed by atoms with E-state index in [4.69, 9.17) is 4.74 Å². The Labute approximate surface area is 173 Å². The zero-order valence-electron chi connectivity index (χ0n) is 17.4. The number of benzene rings is 2. The molecule has 0 unspecified atom stereocenters. The fourth-order valence-electron chi connectivity index (χ4n) is 3.61. The Morgan fingerprint density at radius 1 is 0.966 bits per heavy atom. The third kappa shape index (κ3) is 5.83. The van der Waals surface area contributed by atoms with E-state index in [2.05, 4.69) is 0 Å². The largest absolute Gasteiger partial charge is 0.497 e. The molecule has 1 aliphatic heterocycles. The summed E-state index contributed by atoms with van der Waals surface area (Å²) in [7, 11) is 1.64. The van der Waals surface area contributed by atoms with Gasteiger partial charge in [0.15, 0.2) is 0 Å². The minimum absolute atomic E-state index is 0.0306. The molecule has 2 aromatic carbocycles. The summed E-state index contributed by atoms with van der Waals surface area (Å²) in [6, 6.07) is 15.5. The summed E-state index contributed by atoms with van der Waals surface area (Å²) in [4.78, 5) is 29.4. The van der Waals surface area contributed by atoms with Crippen molar-refractivity contribution in [2.45, 2.75) is 39.0 Å². The number of amides is 2. The second kappa shape index (κ2) is 10.1. The van der Waals surface area contributed by atoms with Gasteiger partial charge in [0.05, 0.1) is 7.11 Å². The van der Waals surface area contributed by atoms with Crippen LogP contribution in [0.2, 0.25) is 0 Å². The minimum Gasteiger partial charge on any atom is -0.497 e. The van der Waals surface area contributed by atoms with Crippen molar-refractivity contribution < 1.29 is 14.3 Å². The van der Waals surface area contributed by atoms with E-state index in [1.54, 1.807) is 12.0 Å². The second-order valence-corrected chi connectivity index (χ2v) is 7.60. The highest BCUT2D eigenvalue weighted by Gasteiger charge is 2.23. The molecule has 5 nitrogen and oxygen atoms in total. The highest BCUT2D eigenvalue weighted by molar-refractivity contribution is 5.98. The number of likely N-dealkylation sites (tertiary alicyclic amines) is 1. The Morgan fingerprint density at radius 2 is 1.62 bits per heavy atom. The standard InChI is InChI=1S/C24H30N2O3/c1-19-6-11-21(12-7-19)26(18-24(28)25-16-4-3-5-17-25)23(27)15-10-20-8-13-22(29-2)14-9-20/h6-9,11-14H,3-5,10,15-18H2,1-2H3. The zero-order chi connectivity index (χ0) is 20.6. The number of aryl methyl sites for hydroxylation is 2. The monoisotopic (exact) mass is 394 g/mol. The van der Waals surface area contributed by atoms with Crippen LogP contribution in [-0.2, 0) is 16.0 Å². The lowest BCUT2D eigenvalue weighted by molar-refractivity contribution is -0.132. The van der Waals surface area contributed by atoms with Crippen LogP contribution >= 0.6 is 0 Å². The summed E-state index contributed by atoms with van der Waals surface area (Å²) in [6.45, 7) is 3.70. The van der Waals surface area contributed by atoms with Crippen molar-refractivity contribution in [2.75, 3.05) is 31.6 Å². The quantitative estimate of drug-likeness (QED) is 0.714. The average molecular weight is 395 g/mol. The third-order valence-electron chi connectivity index (χ3n) is 5.44. The Morgan fingerprint density at radius 3 is 2.24 bits per heavy atom. The van der Waals surface area contributed by atoms with E-state index < -0.39 is 0 Å². The predicted molar refractivity (Wildman–Crippen MR) is 115 cm³/mol. The van der Waals surface area contributed by atoms with Crippen LogP contribution < -0.4 is 9.64 Å². The van der Waals surface area contributed by atoms with Crippen molar-refractivity contribution >= 4 is 17.5 Å². The lowest BCUT2D eigenvalue weighted by atomic mass is 10.1. The number of rotatable bonds is 7. The maximum Gasteiger partial charge on any atom is 0.242 e. The second-order valence-electron chi connectivity index (χ2n) is 7.60. The van der Waals surface area contributed by atoms with Crippen molar-refractivity contribution in [3.8, 4) is 5.75 Å². The first-order valence-electron chi connectivity index (χ1n) is 10.3. The average Bonchev–Trinajstić information content (AvgIpc) is 2.77. The molecule has 0 saturated carbocycles. The van der Waals surface area contributed by atoms with Crippen LogP contribution in [0, 0.1) is 6.92 Å². The van der Waals surface area contributed by atoms with Gasteiger partial charge in [0.25, 0.3) is 0 Å². The highest BCUT2D eigenvalue weighted by atomic mass is 16.5. The molecule has 3 rings (SSSR count). The zero-order valence-corrected chi connectivity index (χ0v) is 17.4. The van der Waals surface area contributed by atoms with Crippen LogP contribution in [0.5, 0.6) is 5.75 Å². The maximum absolute atomic E-state index is 13.1. The van der Waals surface area contributed by atoms with E-state index in [1.165, 1.54) is 6.42 Å². The Hall–Kier alpha value is -2.82. The molecule has 0 N–H and O–H groups in total. The van der Waals surface area contributed by atoms with Gasteiger partial charge in [0, 0.05) is 25.2 Å². The van der Waals surface area contributed by atoms with Crippen LogP contribution in [0.3, 0.4) is 0 Å². The normalized spacial score (nSPS) is 13.8. The fraction of sp³-hybridized carbons (Fsp3) is 0.417. The number of carbonyl (C=O) groups excluding carboxylic acids is 2. The molecule has 1 aliphatic rings. The van der Waals surface area contributed by atoms with Crippen molar-refractivity contribution in [2.24, 2.45) is 0 Å². The number of carbonyl (C=O) groups is 2. The molecule has 1 saturated heterocycles. The van der Waals surface area contributed by atoms with Gasteiger partial charge in [-0.2, -0.15) is 0 Å². The lowest BCUT2D eigenvalue weighted by Gasteiger charge is -2.30. The van der Waals surface area contributed by atoms with E-state index in [0.29, 0.717) is 12.8 Å². The first kappa shape index (κ1) is 20.9. The summed E-state index contributed by atoms with van der Waals surface area (Å²) in [6.07, 6.45) is 4.24. The van der Waals surface area contributed by atoms with E-state index in [1.807, 2.05) is 60.4 Å². The summed E-state index contributed by atoms with van der Waals surface area (Å²) < 4.78 is 5.18. The lowest BCUT2D eigenvalue weighted by Crippen LogP contribution is -2.45. The molecule has 0 atom stereocenters. The van der Waals surface area contributed by atoms with Gasteiger partial charge in [-0.25, -0.2) is 0 Å². The molecule has 2 amide bonds. The van der Waals surface area contributed by atoms with Crippen molar-refractivity contribution in [3.63, 3.8) is 0 Å². The van der Waals surface area contributed by atoms with E-state index in [-0.39, 0.29) is 18.4 Å². The van der Waals surface area contributed by atoms with Crippen molar-refractivity contribution in [3.05, 3.63) is 59.7 Å². The van der Waals surface area contributed by atoms with Crippen LogP contribution in [0.4, 0.5) is 5.69 Å². The van der Waals surface area contributed by atoms with Crippen molar-refractivity contribution in [1.29, 1.82) is 0 Å². The summed E-state index contributed by atoms with van der Waals surface area (Å²) in [5.41, 5.74) is 2.98. The maximum atomic E-state index is 13.1. The molecule has 0 spiro atoms. The minimum atomic E-state index is -0.0324. The summed E-state index contributed by atoms with van der Waals surface area (Å²) >= 11 is 0. The Kier molecular flexibility index (Phi) is 7.28. The van der Waals surface area contributed by atoms with Gasteiger partial charge < -0.3 is 14.5 Å². The van der Waals surface area contributed by atoms with Gasteiger partial charge >= 0.3 is 0 Å². The molecule has 29 heavy (non-hydrogen) atoms. The topological polar surface area (TPSA) is 49.9 Å². The number of ether oxygens (including phenoxy) is 1.